The molecule has 0 aliphatic heterocycles. The third kappa shape index (κ3) is 3.32. The van der Waals surface area contributed by atoms with Gasteiger partial charge in [0, 0.05) is 22.2 Å². The molecule has 1 N–H and O–H groups in total. The Morgan fingerprint density at radius 2 is 1.89 bits per heavy atom. The second-order valence-corrected chi connectivity index (χ2v) is 6.37. The molecule has 0 unspecified atom stereocenters. The van der Waals surface area contributed by atoms with E-state index in [1.807, 2.05) is 24.3 Å². The van der Waals surface area contributed by atoms with Gasteiger partial charge in [0.15, 0.2) is 0 Å². The number of carbonyl (C=O) groups excluding carboxylic acids is 1. The van der Waals surface area contributed by atoms with E-state index in [-0.39, 0.29) is 5.56 Å². The number of halogens is 3. The SMILES string of the molecule is O=C(ON=C1CCCc2[nH]c3ccccc3c21)c1cccc(C(F)(F)F)c1. The van der Waals surface area contributed by atoms with Crippen LogP contribution >= 0.6 is 0 Å². The molecule has 2 aromatic carbocycles. The number of alkyl halides is 3. The Morgan fingerprint density at radius 1 is 1.07 bits per heavy atom. The molecule has 0 spiro atoms. The molecule has 7 heteroatoms. The first kappa shape index (κ1) is 17.3. The van der Waals surface area contributed by atoms with Gasteiger partial charge in [0.25, 0.3) is 0 Å². The van der Waals surface area contributed by atoms with E-state index in [9.17, 15) is 18.0 Å². The second kappa shape index (κ2) is 6.57. The highest BCUT2D eigenvalue weighted by Gasteiger charge is 2.31. The van der Waals surface area contributed by atoms with Gasteiger partial charge in [-0.1, -0.05) is 29.4 Å². The molecule has 1 heterocycles. The van der Waals surface area contributed by atoms with Crippen LogP contribution in [-0.2, 0) is 17.4 Å². The monoisotopic (exact) mass is 372 g/mol. The molecule has 0 atom stereocenters. The highest BCUT2D eigenvalue weighted by molar-refractivity contribution is 6.12. The maximum Gasteiger partial charge on any atom is 0.416 e. The fourth-order valence-electron chi connectivity index (χ4n) is 3.34. The van der Waals surface area contributed by atoms with Gasteiger partial charge in [0.1, 0.15) is 0 Å². The van der Waals surface area contributed by atoms with Crippen LogP contribution in [0.3, 0.4) is 0 Å². The normalized spacial score (nSPS) is 15.7. The molecule has 4 rings (SSSR count). The number of carbonyl (C=O) groups is 1. The molecule has 1 aromatic heterocycles. The number of aryl methyl sites for hydroxylation is 1. The van der Waals surface area contributed by atoms with Gasteiger partial charge < -0.3 is 9.82 Å². The summed E-state index contributed by atoms with van der Waals surface area (Å²) < 4.78 is 38.4. The lowest BCUT2D eigenvalue weighted by Crippen LogP contribution is -2.13. The predicted molar refractivity (Wildman–Crippen MR) is 94.6 cm³/mol. The molecule has 0 amide bonds. The largest absolute Gasteiger partial charge is 0.416 e. The standard InChI is InChI=1S/C20H15F3N2O2/c21-20(22,23)13-6-3-5-12(11-13)19(26)27-25-17-10-4-9-16-18(17)14-7-1-2-8-15(14)24-16/h1-3,5-8,11,24H,4,9-10H2. The van der Waals surface area contributed by atoms with Crippen molar-refractivity contribution in [2.75, 3.05) is 0 Å². The van der Waals surface area contributed by atoms with Crippen molar-refractivity contribution >= 4 is 22.6 Å². The molecule has 3 aromatic rings. The molecule has 138 valence electrons. The van der Waals surface area contributed by atoms with Crippen LogP contribution in [0.15, 0.2) is 53.7 Å². The Kier molecular flexibility index (Phi) is 4.22. The lowest BCUT2D eigenvalue weighted by Gasteiger charge is -2.13. The number of benzene rings is 2. The van der Waals surface area contributed by atoms with Crippen molar-refractivity contribution in [2.45, 2.75) is 25.4 Å². The molecule has 0 bridgehead atoms. The number of hydrogen-bond donors (Lipinski definition) is 1. The van der Waals surface area contributed by atoms with Crippen LogP contribution in [0.25, 0.3) is 10.9 Å². The maximum atomic E-state index is 12.8. The molecule has 27 heavy (non-hydrogen) atoms. The average molecular weight is 372 g/mol. The Balaban J connectivity index is 1.62. The summed E-state index contributed by atoms with van der Waals surface area (Å²) in [6.45, 7) is 0. The van der Waals surface area contributed by atoms with Crippen molar-refractivity contribution in [3.63, 3.8) is 0 Å². The molecular formula is C20H15F3N2O2. The van der Waals surface area contributed by atoms with E-state index in [1.165, 1.54) is 12.1 Å². The van der Waals surface area contributed by atoms with Crippen molar-refractivity contribution in [1.82, 2.24) is 4.98 Å². The quantitative estimate of drug-likeness (QED) is 0.504. The number of nitrogens with zero attached hydrogens (tertiary/aromatic N) is 1. The maximum absolute atomic E-state index is 12.8. The van der Waals surface area contributed by atoms with Gasteiger partial charge in [-0.3, -0.25) is 0 Å². The number of aromatic amines is 1. The third-order valence-corrected chi connectivity index (χ3v) is 4.58. The van der Waals surface area contributed by atoms with Gasteiger partial charge in [-0.05, 0) is 43.5 Å². The second-order valence-electron chi connectivity index (χ2n) is 6.37. The lowest BCUT2D eigenvalue weighted by molar-refractivity contribution is -0.137. The van der Waals surface area contributed by atoms with Crippen LogP contribution < -0.4 is 0 Å². The number of nitrogens with one attached hydrogen (secondary N) is 1. The fraction of sp³-hybridized carbons (Fsp3) is 0.200. The molecular weight excluding hydrogens is 357 g/mol. The highest BCUT2D eigenvalue weighted by atomic mass is 19.4. The van der Waals surface area contributed by atoms with E-state index in [4.69, 9.17) is 4.84 Å². The summed E-state index contributed by atoms with van der Waals surface area (Å²) in [5.74, 6) is -0.916. The van der Waals surface area contributed by atoms with E-state index < -0.39 is 17.7 Å². The summed E-state index contributed by atoms with van der Waals surface area (Å²) in [6, 6.07) is 11.9. The van der Waals surface area contributed by atoms with Gasteiger partial charge in [0.2, 0.25) is 0 Å². The van der Waals surface area contributed by atoms with E-state index in [2.05, 4.69) is 10.1 Å². The average Bonchev–Trinajstić information content (AvgIpc) is 3.04. The first-order valence-corrected chi connectivity index (χ1v) is 8.49. The first-order chi connectivity index (χ1) is 12.9. The van der Waals surface area contributed by atoms with Gasteiger partial charge in [-0.15, -0.1) is 0 Å². The number of para-hydroxylation sites is 1. The minimum Gasteiger partial charge on any atom is -0.358 e. The molecule has 0 radical (unpaired) electrons. The van der Waals surface area contributed by atoms with Crippen molar-refractivity contribution < 1.29 is 22.8 Å². The molecule has 0 saturated carbocycles. The zero-order valence-corrected chi connectivity index (χ0v) is 14.1. The zero-order chi connectivity index (χ0) is 19.0. The van der Waals surface area contributed by atoms with E-state index in [1.54, 1.807) is 0 Å². The van der Waals surface area contributed by atoms with Gasteiger partial charge >= 0.3 is 12.1 Å². The molecule has 0 saturated heterocycles. The Labute approximate surface area is 152 Å². The van der Waals surface area contributed by atoms with Crippen LogP contribution in [0.4, 0.5) is 13.2 Å². The van der Waals surface area contributed by atoms with Gasteiger partial charge in [0.05, 0.1) is 16.8 Å². The van der Waals surface area contributed by atoms with Crippen LogP contribution in [0.1, 0.15) is 40.0 Å². The van der Waals surface area contributed by atoms with Crippen LogP contribution in [0.2, 0.25) is 0 Å². The summed E-state index contributed by atoms with van der Waals surface area (Å²) in [5, 5.41) is 4.97. The first-order valence-electron chi connectivity index (χ1n) is 8.49. The third-order valence-electron chi connectivity index (χ3n) is 4.58. The molecule has 0 fully saturated rings. The number of rotatable bonds is 2. The number of aromatic nitrogens is 1. The summed E-state index contributed by atoms with van der Waals surface area (Å²) in [5.41, 5.74) is 2.44. The smallest absolute Gasteiger partial charge is 0.358 e. The summed E-state index contributed by atoms with van der Waals surface area (Å²) >= 11 is 0. The van der Waals surface area contributed by atoms with E-state index in [0.717, 1.165) is 47.1 Å². The van der Waals surface area contributed by atoms with E-state index >= 15 is 0 Å². The molecule has 4 nitrogen and oxygen atoms in total. The Bertz CT molecular complexity index is 1050. The van der Waals surface area contributed by atoms with Gasteiger partial charge in [-0.2, -0.15) is 13.2 Å². The fourth-order valence-corrected chi connectivity index (χ4v) is 3.34. The van der Waals surface area contributed by atoms with Crippen molar-refractivity contribution in [1.29, 1.82) is 0 Å². The van der Waals surface area contributed by atoms with Crippen LogP contribution in [-0.4, -0.2) is 16.7 Å². The number of hydrogen-bond acceptors (Lipinski definition) is 3. The summed E-state index contributed by atoms with van der Waals surface area (Å²) in [7, 11) is 0. The molecule has 1 aliphatic rings. The summed E-state index contributed by atoms with van der Waals surface area (Å²) in [4.78, 5) is 20.5. The molecule has 1 aliphatic carbocycles. The predicted octanol–water partition coefficient (Wildman–Crippen LogP) is 5.08. The summed E-state index contributed by atoms with van der Waals surface area (Å²) in [6.07, 6.45) is -2.18. The topological polar surface area (TPSA) is 54.4 Å². The van der Waals surface area contributed by atoms with E-state index in [0.29, 0.717) is 12.1 Å². The van der Waals surface area contributed by atoms with Gasteiger partial charge in [-0.25, -0.2) is 4.79 Å². The van der Waals surface area contributed by atoms with Crippen molar-refractivity contribution in [3.8, 4) is 0 Å². The lowest BCUT2D eigenvalue weighted by atomic mass is 9.94. The number of oxime groups is 1. The highest BCUT2D eigenvalue weighted by Crippen LogP contribution is 2.31. The van der Waals surface area contributed by atoms with Crippen molar-refractivity contribution in [3.05, 3.63) is 70.9 Å². The van der Waals surface area contributed by atoms with Crippen LogP contribution in [0.5, 0.6) is 0 Å². The minimum absolute atomic E-state index is 0.191. The zero-order valence-electron chi connectivity index (χ0n) is 14.1. The number of H-pyrrole nitrogens is 1. The van der Waals surface area contributed by atoms with Crippen LogP contribution in [0, 0.1) is 0 Å². The van der Waals surface area contributed by atoms with Crippen molar-refractivity contribution in [2.24, 2.45) is 5.16 Å². The number of fused-ring (bicyclic) bond motifs is 3. The Morgan fingerprint density at radius 3 is 2.70 bits per heavy atom. The Hall–Kier alpha value is -3.09. The minimum atomic E-state index is -4.52.